The molecule has 29 heavy (non-hydrogen) atoms. The van der Waals surface area contributed by atoms with Gasteiger partial charge in [-0.05, 0) is 52.2 Å². The highest BCUT2D eigenvalue weighted by Gasteiger charge is 2.34. The first-order chi connectivity index (χ1) is 13.6. The third-order valence-corrected chi connectivity index (χ3v) is 6.95. The fourth-order valence-electron chi connectivity index (χ4n) is 3.42. The van der Waals surface area contributed by atoms with E-state index in [1.54, 1.807) is 28.6 Å². The maximum Gasteiger partial charge on any atom is 0.243 e. The predicted octanol–water partition coefficient (Wildman–Crippen LogP) is 1.98. The van der Waals surface area contributed by atoms with Crippen molar-refractivity contribution in [3.63, 3.8) is 0 Å². The molecule has 1 aliphatic rings. The number of sulfonamides is 1. The van der Waals surface area contributed by atoms with Gasteiger partial charge in [-0.15, -0.1) is 17.5 Å². The number of piperazine rings is 1. The third kappa shape index (κ3) is 4.32. The van der Waals surface area contributed by atoms with Crippen molar-refractivity contribution in [1.29, 1.82) is 0 Å². The van der Waals surface area contributed by atoms with Crippen molar-refractivity contribution in [3.8, 4) is 5.69 Å². The minimum Gasteiger partial charge on any atom is -0.313 e. The van der Waals surface area contributed by atoms with E-state index in [1.165, 1.54) is 16.6 Å². The first-order valence-corrected chi connectivity index (χ1v) is 10.7. The van der Waals surface area contributed by atoms with E-state index in [1.807, 2.05) is 12.1 Å². The molecule has 0 amide bonds. The van der Waals surface area contributed by atoms with Crippen LogP contribution in [0.2, 0.25) is 0 Å². The number of rotatable bonds is 5. The maximum atomic E-state index is 13.3. The average Bonchev–Trinajstić information content (AvgIpc) is 3.29. The Bertz CT molecular complexity index is 1020. The van der Waals surface area contributed by atoms with Crippen LogP contribution in [0.15, 0.2) is 59.8 Å². The Kier molecular flexibility index (Phi) is 6.63. The molecule has 0 saturated carbocycles. The Labute approximate surface area is 176 Å². The number of nitrogens with one attached hydrogen (secondary N) is 1. The second kappa shape index (κ2) is 9.00. The number of halogens is 1. The Morgan fingerprint density at radius 1 is 1.10 bits per heavy atom. The number of aryl methyl sites for hydroxylation is 1. The molecule has 3 aromatic rings. The largest absolute Gasteiger partial charge is 0.313 e. The summed E-state index contributed by atoms with van der Waals surface area (Å²) in [6.45, 7) is 3.75. The van der Waals surface area contributed by atoms with Gasteiger partial charge in [-0.1, -0.05) is 31.2 Å². The smallest absolute Gasteiger partial charge is 0.243 e. The topological polar surface area (TPSA) is 93.0 Å². The summed E-state index contributed by atoms with van der Waals surface area (Å²) < 4.78 is 29.8. The number of benzene rings is 2. The Hall–Kier alpha value is -2.33. The minimum absolute atomic E-state index is 0. The van der Waals surface area contributed by atoms with Gasteiger partial charge in [-0.3, -0.25) is 0 Å². The molecule has 1 atom stereocenters. The lowest BCUT2D eigenvalue weighted by Crippen LogP contribution is -2.48. The van der Waals surface area contributed by atoms with E-state index < -0.39 is 10.0 Å². The highest BCUT2D eigenvalue weighted by molar-refractivity contribution is 7.89. The summed E-state index contributed by atoms with van der Waals surface area (Å²) in [5, 5.41) is 14.3. The van der Waals surface area contributed by atoms with Crippen LogP contribution < -0.4 is 5.32 Å². The quantitative estimate of drug-likeness (QED) is 0.660. The number of hydrogen-bond donors (Lipinski definition) is 1. The van der Waals surface area contributed by atoms with Crippen molar-refractivity contribution in [3.05, 3.63) is 66.0 Å². The fraction of sp³-hybridized carbons (Fsp3) is 0.316. The van der Waals surface area contributed by atoms with E-state index in [2.05, 4.69) is 39.9 Å². The van der Waals surface area contributed by atoms with Gasteiger partial charge in [0.25, 0.3) is 0 Å². The molecule has 2 heterocycles. The monoisotopic (exact) mass is 434 g/mol. The van der Waals surface area contributed by atoms with Gasteiger partial charge < -0.3 is 5.32 Å². The number of nitrogens with zero attached hydrogens (tertiary/aromatic N) is 5. The lowest BCUT2D eigenvalue weighted by Gasteiger charge is -2.35. The maximum absolute atomic E-state index is 13.3. The van der Waals surface area contributed by atoms with Gasteiger partial charge >= 0.3 is 0 Å². The van der Waals surface area contributed by atoms with Gasteiger partial charge in [0, 0.05) is 19.6 Å². The van der Waals surface area contributed by atoms with Crippen LogP contribution in [0, 0.1) is 0 Å². The van der Waals surface area contributed by atoms with Crippen LogP contribution in [-0.2, 0) is 16.4 Å². The molecular weight excluding hydrogens is 412 g/mol. The fourth-order valence-corrected chi connectivity index (χ4v) is 5.03. The zero-order valence-electron chi connectivity index (χ0n) is 16.0. The predicted molar refractivity (Wildman–Crippen MR) is 112 cm³/mol. The molecule has 0 aliphatic carbocycles. The summed E-state index contributed by atoms with van der Waals surface area (Å²) in [7, 11) is -3.63. The van der Waals surface area contributed by atoms with E-state index in [-0.39, 0.29) is 23.3 Å². The van der Waals surface area contributed by atoms with E-state index in [0.717, 1.165) is 12.0 Å². The van der Waals surface area contributed by atoms with E-state index >= 15 is 0 Å². The van der Waals surface area contributed by atoms with Crippen LogP contribution in [0.4, 0.5) is 0 Å². The van der Waals surface area contributed by atoms with Gasteiger partial charge in [-0.2, -0.15) is 4.31 Å². The molecule has 0 bridgehead atoms. The van der Waals surface area contributed by atoms with Crippen molar-refractivity contribution in [2.75, 3.05) is 19.6 Å². The normalized spacial score (nSPS) is 17.6. The summed E-state index contributed by atoms with van der Waals surface area (Å²) in [4.78, 5) is 0.265. The molecule has 2 aromatic carbocycles. The van der Waals surface area contributed by atoms with Crippen molar-refractivity contribution in [1.82, 2.24) is 29.8 Å². The molecule has 1 unspecified atom stereocenters. The highest BCUT2D eigenvalue weighted by atomic mass is 35.5. The number of tetrazole rings is 1. The molecule has 1 fully saturated rings. The lowest BCUT2D eigenvalue weighted by molar-refractivity contribution is 0.271. The molecule has 0 spiro atoms. The zero-order valence-corrected chi connectivity index (χ0v) is 17.6. The van der Waals surface area contributed by atoms with E-state index in [0.29, 0.717) is 25.3 Å². The first kappa shape index (κ1) is 21.4. The van der Waals surface area contributed by atoms with Crippen molar-refractivity contribution in [2.45, 2.75) is 24.3 Å². The van der Waals surface area contributed by atoms with Crippen molar-refractivity contribution < 1.29 is 8.42 Å². The van der Waals surface area contributed by atoms with Crippen LogP contribution in [0.25, 0.3) is 5.69 Å². The van der Waals surface area contributed by atoms with Crippen molar-refractivity contribution >= 4 is 22.4 Å². The molecule has 1 aromatic heterocycles. The van der Waals surface area contributed by atoms with Gasteiger partial charge in [-0.25, -0.2) is 13.1 Å². The second-order valence-corrected chi connectivity index (χ2v) is 8.57. The van der Waals surface area contributed by atoms with Gasteiger partial charge in [0.1, 0.15) is 6.33 Å². The summed E-state index contributed by atoms with van der Waals surface area (Å²) in [6, 6.07) is 14.6. The standard InChI is InChI=1S/C19H22N6O2S.ClH/c1-2-15-3-5-16(6-4-15)19-13-20-11-12-25(19)28(26,27)18-9-7-17(8-10-18)24-14-21-22-23-24;/h3-10,14,19-20H,2,11-13H2,1H3;1H. The highest BCUT2D eigenvalue weighted by Crippen LogP contribution is 2.29. The van der Waals surface area contributed by atoms with Crippen LogP contribution in [-0.4, -0.2) is 52.6 Å². The molecule has 10 heteroatoms. The van der Waals surface area contributed by atoms with Gasteiger partial charge in [0.15, 0.2) is 0 Å². The molecule has 8 nitrogen and oxygen atoms in total. The van der Waals surface area contributed by atoms with Gasteiger partial charge in [0.05, 0.1) is 16.6 Å². The zero-order chi connectivity index (χ0) is 19.6. The number of aromatic nitrogens is 4. The molecule has 1 saturated heterocycles. The van der Waals surface area contributed by atoms with E-state index in [9.17, 15) is 8.42 Å². The van der Waals surface area contributed by atoms with E-state index in [4.69, 9.17) is 0 Å². The Morgan fingerprint density at radius 3 is 2.45 bits per heavy atom. The van der Waals surface area contributed by atoms with Crippen LogP contribution in [0.3, 0.4) is 0 Å². The van der Waals surface area contributed by atoms with Crippen LogP contribution in [0.1, 0.15) is 24.1 Å². The molecular formula is C19H23ClN6O2S. The SMILES string of the molecule is CCc1ccc(C2CNCCN2S(=O)(=O)c2ccc(-n3cnnn3)cc2)cc1.Cl. The molecule has 4 rings (SSSR count). The summed E-state index contributed by atoms with van der Waals surface area (Å²) >= 11 is 0. The summed E-state index contributed by atoms with van der Waals surface area (Å²) in [5.74, 6) is 0. The summed E-state index contributed by atoms with van der Waals surface area (Å²) in [6.07, 6.45) is 2.43. The van der Waals surface area contributed by atoms with Crippen LogP contribution >= 0.6 is 12.4 Å². The first-order valence-electron chi connectivity index (χ1n) is 9.24. The lowest BCUT2D eigenvalue weighted by atomic mass is 10.0. The molecule has 0 radical (unpaired) electrons. The Balaban J connectivity index is 0.00000240. The van der Waals surface area contributed by atoms with Gasteiger partial charge in [0.2, 0.25) is 10.0 Å². The third-order valence-electron chi connectivity index (χ3n) is 5.02. The number of hydrogen-bond acceptors (Lipinski definition) is 6. The molecule has 1 N–H and O–H groups in total. The van der Waals surface area contributed by atoms with Crippen LogP contribution in [0.5, 0.6) is 0 Å². The minimum atomic E-state index is -3.63. The van der Waals surface area contributed by atoms with Crippen molar-refractivity contribution in [2.24, 2.45) is 0 Å². The molecule has 1 aliphatic heterocycles. The molecule has 154 valence electrons. The second-order valence-electron chi connectivity index (χ2n) is 6.68. The Morgan fingerprint density at radius 2 is 1.83 bits per heavy atom. The summed E-state index contributed by atoms with van der Waals surface area (Å²) in [5.41, 5.74) is 2.94. The average molecular weight is 435 g/mol.